The summed E-state index contributed by atoms with van der Waals surface area (Å²) in [5, 5.41) is 12.7. The number of carbonyl (C=O) groups excluding carboxylic acids is 1. The second-order valence-corrected chi connectivity index (χ2v) is 8.45. The van der Waals surface area contributed by atoms with Crippen molar-refractivity contribution in [2.45, 2.75) is 26.7 Å². The third-order valence-electron chi connectivity index (χ3n) is 4.84. The lowest BCUT2D eigenvalue weighted by molar-refractivity contribution is -0.142. The Kier molecular flexibility index (Phi) is 5.92. The Balaban J connectivity index is 1.69. The highest BCUT2D eigenvalue weighted by molar-refractivity contribution is 7.16. The summed E-state index contributed by atoms with van der Waals surface area (Å²) in [5.41, 5.74) is 1.95. The van der Waals surface area contributed by atoms with E-state index < -0.39 is 11.9 Å². The van der Waals surface area contributed by atoms with Gasteiger partial charge in [-0.1, -0.05) is 51.1 Å². The van der Waals surface area contributed by atoms with Gasteiger partial charge >= 0.3 is 5.97 Å². The Hall–Kier alpha value is -2.25. The molecule has 6 nitrogen and oxygen atoms in total. The number of aliphatic carboxylic acids is 1. The number of aromatic nitrogens is 1. The highest BCUT2D eigenvalue weighted by atomic mass is 32.1. The van der Waals surface area contributed by atoms with Crippen LogP contribution in [-0.4, -0.2) is 46.5 Å². The monoisotopic (exact) mass is 387 g/mol. The summed E-state index contributed by atoms with van der Waals surface area (Å²) in [6.07, 6.45) is 0. The van der Waals surface area contributed by atoms with Crippen LogP contribution in [0.3, 0.4) is 0 Å². The van der Waals surface area contributed by atoms with Crippen molar-refractivity contribution < 1.29 is 14.7 Å². The summed E-state index contributed by atoms with van der Waals surface area (Å²) in [7, 11) is 0. The van der Waals surface area contributed by atoms with E-state index in [-0.39, 0.29) is 18.4 Å². The zero-order valence-electron chi connectivity index (χ0n) is 15.8. The Morgan fingerprint density at radius 2 is 2.00 bits per heavy atom. The van der Waals surface area contributed by atoms with Gasteiger partial charge in [0.25, 0.3) is 0 Å². The van der Waals surface area contributed by atoms with Gasteiger partial charge in [0.2, 0.25) is 5.91 Å². The third-order valence-corrected chi connectivity index (χ3v) is 6.12. The van der Waals surface area contributed by atoms with Gasteiger partial charge in [-0.3, -0.25) is 14.5 Å². The van der Waals surface area contributed by atoms with E-state index in [1.54, 1.807) is 0 Å². The number of carboxylic acid groups (broad SMARTS) is 1. The minimum Gasteiger partial charge on any atom is -0.481 e. The maximum Gasteiger partial charge on any atom is 0.308 e. The summed E-state index contributed by atoms with van der Waals surface area (Å²) in [6.45, 7) is 7.36. The lowest BCUT2D eigenvalue weighted by Gasteiger charge is -2.13. The van der Waals surface area contributed by atoms with Crippen molar-refractivity contribution in [1.29, 1.82) is 0 Å². The topological polar surface area (TPSA) is 82.5 Å². The molecule has 0 unspecified atom stereocenters. The van der Waals surface area contributed by atoms with Gasteiger partial charge in [0.05, 0.1) is 18.2 Å². The Labute approximate surface area is 163 Å². The van der Waals surface area contributed by atoms with Gasteiger partial charge < -0.3 is 10.4 Å². The van der Waals surface area contributed by atoms with E-state index >= 15 is 0 Å². The number of nitrogens with one attached hydrogen (secondary N) is 1. The maximum atomic E-state index is 12.4. The fourth-order valence-corrected chi connectivity index (χ4v) is 4.47. The standard InChI is InChI=1S/C20H25N3O3S/c1-12(2)18-17(14-7-5-4-6-8-14)22-20(27-18)21-16(24)11-23-9-13(3)15(10-23)19(25)26/h4-8,12-13,15H,9-11H2,1-3H3,(H,25,26)(H,21,22,24)/t13-,15-/m1/s1. The molecule has 0 aliphatic carbocycles. The van der Waals surface area contributed by atoms with Gasteiger partial charge in [0.15, 0.2) is 5.13 Å². The first-order chi connectivity index (χ1) is 12.8. The predicted octanol–water partition coefficient (Wildman–Crippen LogP) is 3.52. The average molecular weight is 388 g/mol. The van der Waals surface area contributed by atoms with E-state index in [9.17, 15) is 14.7 Å². The molecule has 7 heteroatoms. The molecule has 1 saturated heterocycles. The molecule has 1 amide bonds. The van der Waals surface area contributed by atoms with Crippen LogP contribution in [0.5, 0.6) is 0 Å². The largest absolute Gasteiger partial charge is 0.481 e. The van der Waals surface area contributed by atoms with Gasteiger partial charge in [-0.2, -0.15) is 0 Å². The quantitative estimate of drug-likeness (QED) is 0.792. The number of amides is 1. The molecule has 1 aliphatic heterocycles. The first kappa shape index (κ1) is 19.5. The SMILES string of the molecule is CC(C)c1sc(NC(=O)CN2C[C@@H](C)[C@H](C(=O)O)C2)nc1-c1ccccc1. The number of hydrogen-bond acceptors (Lipinski definition) is 5. The van der Waals surface area contributed by atoms with Crippen LogP contribution in [0, 0.1) is 11.8 Å². The van der Waals surface area contributed by atoms with Crippen LogP contribution in [0.4, 0.5) is 5.13 Å². The van der Waals surface area contributed by atoms with E-state index in [4.69, 9.17) is 0 Å². The number of likely N-dealkylation sites (tertiary alicyclic amines) is 1. The van der Waals surface area contributed by atoms with Crippen LogP contribution in [0.2, 0.25) is 0 Å². The Morgan fingerprint density at radius 1 is 1.30 bits per heavy atom. The van der Waals surface area contributed by atoms with Crippen LogP contribution in [0.1, 0.15) is 31.6 Å². The molecule has 2 N–H and O–H groups in total. The highest BCUT2D eigenvalue weighted by Gasteiger charge is 2.35. The number of hydrogen-bond donors (Lipinski definition) is 2. The molecule has 1 aromatic carbocycles. The van der Waals surface area contributed by atoms with E-state index in [1.807, 2.05) is 42.2 Å². The third kappa shape index (κ3) is 4.54. The minimum atomic E-state index is -0.792. The molecular formula is C20H25N3O3S. The lowest BCUT2D eigenvalue weighted by Crippen LogP contribution is -2.32. The lowest BCUT2D eigenvalue weighted by atomic mass is 9.99. The zero-order chi connectivity index (χ0) is 19.6. The average Bonchev–Trinajstić information content (AvgIpc) is 3.19. The van der Waals surface area contributed by atoms with Crippen LogP contribution in [0.25, 0.3) is 11.3 Å². The first-order valence-electron chi connectivity index (χ1n) is 9.16. The molecule has 144 valence electrons. The summed E-state index contributed by atoms with van der Waals surface area (Å²) in [6, 6.07) is 9.96. The second kappa shape index (κ2) is 8.19. The first-order valence-corrected chi connectivity index (χ1v) is 9.98. The van der Waals surface area contributed by atoms with Crippen molar-refractivity contribution >= 4 is 28.3 Å². The predicted molar refractivity (Wildman–Crippen MR) is 107 cm³/mol. The second-order valence-electron chi connectivity index (χ2n) is 7.42. The molecular weight excluding hydrogens is 362 g/mol. The molecule has 1 aliphatic rings. The molecule has 0 radical (unpaired) electrons. The van der Waals surface area contributed by atoms with Crippen LogP contribution >= 0.6 is 11.3 Å². The van der Waals surface area contributed by atoms with Gasteiger partial charge in [0, 0.05) is 23.5 Å². The summed E-state index contributed by atoms with van der Waals surface area (Å²) >= 11 is 1.50. The smallest absolute Gasteiger partial charge is 0.308 e. The minimum absolute atomic E-state index is 0.0485. The summed E-state index contributed by atoms with van der Waals surface area (Å²) < 4.78 is 0. The molecule has 0 saturated carbocycles. The van der Waals surface area contributed by atoms with Crippen LogP contribution < -0.4 is 5.32 Å². The Bertz CT molecular complexity index is 819. The van der Waals surface area contributed by atoms with Crippen molar-refractivity contribution in [3.63, 3.8) is 0 Å². The van der Waals surface area contributed by atoms with E-state index in [2.05, 4.69) is 24.1 Å². The molecule has 0 bridgehead atoms. The van der Waals surface area contributed by atoms with E-state index in [0.717, 1.165) is 16.1 Å². The molecule has 1 fully saturated rings. The van der Waals surface area contributed by atoms with Crippen molar-refractivity contribution in [2.24, 2.45) is 11.8 Å². The van der Waals surface area contributed by atoms with Gasteiger partial charge in [-0.05, 0) is 11.8 Å². The van der Waals surface area contributed by atoms with Crippen molar-refractivity contribution in [3.05, 3.63) is 35.2 Å². The molecule has 1 aromatic heterocycles. The Morgan fingerprint density at radius 3 is 2.59 bits per heavy atom. The van der Waals surface area contributed by atoms with Gasteiger partial charge in [-0.25, -0.2) is 4.98 Å². The number of carbonyl (C=O) groups is 2. The highest BCUT2D eigenvalue weighted by Crippen LogP contribution is 2.36. The summed E-state index contributed by atoms with van der Waals surface area (Å²) in [5.74, 6) is -1.00. The van der Waals surface area contributed by atoms with E-state index in [0.29, 0.717) is 24.1 Å². The number of anilines is 1. The number of carboxylic acids is 1. The molecule has 27 heavy (non-hydrogen) atoms. The number of rotatable bonds is 6. The van der Waals surface area contributed by atoms with Gasteiger partial charge in [-0.15, -0.1) is 11.3 Å². The number of benzene rings is 1. The fourth-order valence-electron chi connectivity index (χ4n) is 3.46. The molecule has 2 heterocycles. The summed E-state index contributed by atoms with van der Waals surface area (Å²) in [4.78, 5) is 31.4. The number of thiazole rings is 1. The fraction of sp³-hybridized carbons (Fsp3) is 0.450. The van der Waals surface area contributed by atoms with Crippen molar-refractivity contribution in [2.75, 3.05) is 25.0 Å². The molecule has 0 spiro atoms. The van der Waals surface area contributed by atoms with Crippen LogP contribution in [-0.2, 0) is 9.59 Å². The molecule has 2 aromatic rings. The molecule has 3 rings (SSSR count). The molecule has 2 atom stereocenters. The van der Waals surface area contributed by atoms with Crippen molar-refractivity contribution in [1.82, 2.24) is 9.88 Å². The van der Waals surface area contributed by atoms with Gasteiger partial charge in [0.1, 0.15) is 0 Å². The normalized spacial score (nSPS) is 20.1. The maximum absolute atomic E-state index is 12.4. The zero-order valence-corrected chi connectivity index (χ0v) is 16.6. The van der Waals surface area contributed by atoms with Crippen LogP contribution in [0.15, 0.2) is 30.3 Å². The van der Waals surface area contributed by atoms with E-state index in [1.165, 1.54) is 11.3 Å². The number of nitrogens with zero attached hydrogens (tertiary/aromatic N) is 2. The van der Waals surface area contributed by atoms with Crippen molar-refractivity contribution in [3.8, 4) is 11.3 Å².